The van der Waals surface area contributed by atoms with Crippen LogP contribution in [-0.2, 0) is 13.0 Å². The number of pyridine rings is 1. The van der Waals surface area contributed by atoms with Crippen LogP contribution < -0.4 is 5.73 Å². The molecule has 2 heterocycles. The summed E-state index contributed by atoms with van der Waals surface area (Å²) in [6.45, 7) is 7.12. The summed E-state index contributed by atoms with van der Waals surface area (Å²) in [7, 11) is 0. The zero-order valence-corrected chi connectivity index (χ0v) is 12.0. The smallest absolute Gasteiger partial charge is 0.123 e. The third-order valence-electron chi connectivity index (χ3n) is 4.17. The zero-order chi connectivity index (χ0) is 14.3. The van der Waals surface area contributed by atoms with E-state index in [-0.39, 0.29) is 5.84 Å². The molecular weight excluding hydrogens is 248 g/mol. The van der Waals surface area contributed by atoms with Gasteiger partial charge in [0.05, 0.1) is 5.52 Å². The molecule has 1 aliphatic heterocycles. The molecule has 0 bridgehead atoms. The van der Waals surface area contributed by atoms with Crippen molar-refractivity contribution in [3.63, 3.8) is 0 Å². The number of para-hydroxylation sites is 1. The van der Waals surface area contributed by atoms with E-state index in [1.54, 1.807) is 0 Å². The van der Waals surface area contributed by atoms with Gasteiger partial charge in [0, 0.05) is 36.2 Å². The fourth-order valence-electron chi connectivity index (χ4n) is 3.04. The number of nitrogens with one attached hydrogen (secondary N) is 1. The summed E-state index contributed by atoms with van der Waals surface area (Å²) in [6.07, 6.45) is 0.938. The van der Waals surface area contributed by atoms with Crippen LogP contribution in [0.15, 0.2) is 18.2 Å². The van der Waals surface area contributed by atoms with Gasteiger partial charge in [0.15, 0.2) is 0 Å². The lowest BCUT2D eigenvalue weighted by molar-refractivity contribution is 0.266. The number of likely N-dealkylation sites (N-methyl/N-ethyl adjacent to an activating group) is 1. The van der Waals surface area contributed by atoms with E-state index in [2.05, 4.69) is 24.8 Å². The topological polar surface area (TPSA) is 66.0 Å². The Morgan fingerprint density at radius 3 is 2.95 bits per heavy atom. The number of nitrogens with zero attached hydrogens (tertiary/aromatic N) is 2. The SMILES string of the molecule is CCN1CCc2nc3c(C)cccc3c(C(=N)N)c2C1. The molecule has 0 saturated carbocycles. The van der Waals surface area contributed by atoms with Gasteiger partial charge in [-0.3, -0.25) is 15.3 Å². The van der Waals surface area contributed by atoms with Gasteiger partial charge in [-0.2, -0.15) is 0 Å². The molecular formula is C16H20N4. The number of nitrogen functional groups attached to an aromatic ring is 1. The lowest BCUT2D eigenvalue weighted by Gasteiger charge is -2.29. The molecule has 3 rings (SSSR count). The van der Waals surface area contributed by atoms with Crippen molar-refractivity contribution in [2.75, 3.05) is 13.1 Å². The summed E-state index contributed by atoms with van der Waals surface area (Å²) in [4.78, 5) is 7.22. The number of aromatic nitrogens is 1. The number of amidine groups is 1. The molecule has 4 nitrogen and oxygen atoms in total. The van der Waals surface area contributed by atoms with Crippen molar-refractivity contribution in [1.82, 2.24) is 9.88 Å². The van der Waals surface area contributed by atoms with E-state index in [4.69, 9.17) is 16.1 Å². The van der Waals surface area contributed by atoms with Crippen LogP contribution in [0.3, 0.4) is 0 Å². The second kappa shape index (κ2) is 4.87. The first-order chi connectivity index (χ1) is 9.61. The van der Waals surface area contributed by atoms with Crippen molar-refractivity contribution in [2.24, 2.45) is 5.73 Å². The number of fused-ring (bicyclic) bond motifs is 2. The fourth-order valence-corrected chi connectivity index (χ4v) is 3.04. The maximum absolute atomic E-state index is 7.98. The van der Waals surface area contributed by atoms with Crippen LogP contribution in [0.1, 0.15) is 29.3 Å². The van der Waals surface area contributed by atoms with Crippen LogP contribution >= 0.6 is 0 Å². The van der Waals surface area contributed by atoms with E-state index in [0.717, 1.165) is 59.3 Å². The van der Waals surface area contributed by atoms with Gasteiger partial charge in [-0.05, 0) is 24.6 Å². The van der Waals surface area contributed by atoms with E-state index in [1.807, 2.05) is 12.1 Å². The second-order valence-corrected chi connectivity index (χ2v) is 5.42. The maximum Gasteiger partial charge on any atom is 0.123 e. The van der Waals surface area contributed by atoms with Gasteiger partial charge in [0.2, 0.25) is 0 Å². The summed E-state index contributed by atoms with van der Waals surface area (Å²) in [6, 6.07) is 6.10. The lowest BCUT2D eigenvalue weighted by atomic mass is 9.94. The van der Waals surface area contributed by atoms with Gasteiger partial charge < -0.3 is 5.73 Å². The van der Waals surface area contributed by atoms with Crippen molar-refractivity contribution in [3.05, 3.63) is 40.6 Å². The van der Waals surface area contributed by atoms with Gasteiger partial charge >= 0.3 is 0 Å². The van der Waals surface area contributed by atoms with Crippen LogP contribution in [0.4, 0.5) is 0 Å². The van der Waals surface area contributed by atoms with Gasteiger partial charge in [-0.15, -0.1) is 0 Å². The minimum absolute atomic E-state index is 0.150. The van der Waals surface area contributed by atoms with Crippen LogP contribution in [-0.4, -0.2) is 28.8 Å². The first kappa shape index (κ1) is 13.1. The Labute approximate surface area is 119 Å². The Morgan fingerprint density at radius 1 is 1.45 bits per heavy atom. The maximum atomic E-state index is 7.98. The Hall–Kier alpha value is -1.94. The average Bonchev–Trinajstić information content (AvgIpc) is 2.44. The molecule has 0 saturated heterocycles. The first-order valence-electron chi connectivity index (χ1n) is 7.09. The molecule has 1 aromatic heterocycles. The van der Waals surface area contributed by atoms with Crippen LogP contribution in [0.2, 0.25) is 0 Å². The molecule has 1 aromatic carbocycles. The summed E-state index contributed by atoms with van der Waals surface area (Å²) in [5.74, 6) is 0.150. The Kier molecular flexibility index (Phi) is 3.18. The quantitative estimate of drug-likeness (QED) is 0.648. The molecule has 0 fully saturated rings. The van der Waals surface area contributed by atoms with E-state index >= 15 is 0 Å². The molecule has 20 heavy (non-hydrogen) atoms. The average molecular weight is 268 g/mol. The summed E-state index contributed by atoms with van der Waals surface area (Å²) >= 11 is 0. The number of hydrogen-bond acceptors (Lipinski definition) is 3. The number of benzene rings is 1. The molecule has 0 spiro atoms. The van der Waals surface area contributed by atoms with E-state index < -0.39 is 0 Å². The summed E-state index contributed by atoms with van der Waals surface area (Å²) in [5, 5.41) is 8.99. The van der Waals surface area contributed by atoms with Gasteiger partial charge in [-0.1, -0.05) is 25.1 Å². The van der Waals surface area contributed by atoms with Crippen molar-refractivity contribution < 1.29 is 0 Å². The third-order valence-corrected chi connectivity index (χ3v) is 4.17. The molecule has 0 atom stereocenters. The predicted molar refractivity (Wildman–Crippen MR) is 82.2 cm³/mol. The zero-order valence-electron chi connectivity index (χ0n) is 12.0. The van der Waals surface area contributed by atoms with E-state index in [9.17, 15) is 0 Å². The highest BCUT2D eigenvalue weighted by atomic mass is 15.1. The molecule has 0 aliphatic carbocycles. The van der Waals surface area contributed by atoms with E-state index in [1.165, 1.54) is 0 Å². The minimum atomic E-state index is 0.150. The Balaban J connectivity index is 2.32. The molecule has 3 N–H and O–H groups in total. The molecule has 0 radical (unpaired) electrons. The fraction of sp³-hybridized carbons (Fsp3) is 0.375. The van der Waals surface area contributed by atoms with Crippen LogP contribution in [0.25, 0.3) is 10.9 Å². The normalized spacial score (nSPS) is 15.3. The minimum Gasteiger partial charge on any atom is -0.384 e. The standard InChI is InChI=1S/C16H20N4/c1-3-20-8-7-13-12(9-20)14(16(17)18)11-6-4-5-10(2)15(11)19-13/h4-6H,3,7-9H2,1-2H3,(H3,17,18). The number of nitrogens with two attached hydrogens (primary N) is 1. The number of hydrogen-bond donors (Lipinski definition) is 2. The van der Waals surface area contributed by atoms with Crippen LogP contribution in [0, 0.1) is 12.3 Å². The molecule has 4 heteroatoms. The molecule has 0 amide bonds. The highest BCUT2D eigenvalue weighted by Crippen LogP contribution is 2.29. The van der Waals surface area contributed by atoms with Crippen molar-refractivity contribution in [1.29, 1.82) is 5.41 Å². The van der Waals surface area contributed by atoms with Crippen molar-refractivity contribution >= 4 is 16.7 Å². The monoisotopic (exact) mass is 268 g/mol. The Morgan fingerprint density at radius 2 is 2.25 bits per heavy atom. The summed E-state index contributed by atoms with van der Waals surface area (Å²) < 4.78 is 0. The lowest BCUT2D eigenvalue weighted by Crippen LogP contribution is -2.33. The summed E-state index contributed by atoms with van der Waals surface area (Å²) in [5.41, 5.74) is 11.1. The highest BCUT2D eigenvalue weighted by molar-refractivity contribution is 6.08. The van der Waals surface area contributed by atoms with Gasteiger partial charge in [0.25, 0.3) is 0 Å². The highest BCUT2D eigenvalue weighted by Gasteiger charge is 2.23. The number of aryl methyl sites for hydroxylation is 1. The molecule has 1 aliphatic rings. The second-order valence-electron chi connectivity index (χ2n) is 5.42. The molecule has 2 aromatic rings. The van der Waals surface area contributed by atoms with Crippen molar-refractivity contribution in [2.45, 2.75) is 26.8 Å². The van der Waals surface area contributed by atoms with Gasteiger partial charge in [0.1, 0.15) is 5.84 Å². The van der Waals surface area contributed by atoms with Crippen LogP contribution in [0.5, 0.6) is 0 Å². The largest absolute Gasteiger partial charge is 0.384 e. The third kappa shape index (κ3) is 1.96. The predicted octanol–water partition coefficient (Wildman–Crippen LogP) is 2.21. The molecule has 0 unspecified atom stereocenters. The Bertz CT molecular complexity index is 690. The van der Waals surface area contributed by atoms with Crippen molar-refractivity contribution in [3.8, 4) is 0 Å². The van der Waals surface area contributed by atoms with E-state index in [0.29, 0.717) is 0 Å². The molecule has 104 valence electrons. The number of rotatable bonds is 2. The first-order valence-corrected chi connectivity index (χ1v) is 7.09. The van der Waals surface area contributed by atoms with Gasteiger partial charge in [-0.25, -0.2) is 0 Å².